The van der Waals surface area contributed by atoms with Gasteiger partial charge in [0.2, 0.25) is 17.7 Å². The van der Waals surface area contributed by atoms with Gasteiger partial charge in [-0.15, -0.1) is 5.10 Å². The maximum atomic E-state index is 14.4. The van der Waals surface area contributed by atoms with Gasteiger partial charge >= 0.3 is 12.1 Å². The summed E-state index contributed by atoms with van der Waals surface area (Å²) in [7, 11) is 6.00. The number of amides is 6. The van der Waals surface area contributed by atoms with Crippen LogP contribution in [0, 0.1) is 5.92 Å². The summed E-state index contributed by atoms with van der Waals surface area (Å²) < 4.78 is 53.4. The van der Waals surface area contributed by atoms with Gasteiger partial charge in [0.1, 0.15) is 46.4 Å². The molecule has 0 saturated carbocycles. The van der Waals surface area contributed by atoms with Crippen LogP contribution in [-0.4, -0.2) is 201 Å². The summed E-state index contributed by atoms with van der Waals surface area (Å²) in [4.78, 5) is 93.7. The van der Waals surface area contributed by atoms with Crippen LogP contribution in [0.4, 0.5) is 10.5 Å². The number of ether oxygens (including phenoxy) is 9. The van der Waals surface area contributed by atoms with Crippen LogP contribution in [-0.2, 0) is 86.2 Å². The Bertz CT molecular complexity index is 2630. The Kier molecular flexibility index (Phi) is 24.4. The number of benzene rings is 1. The number of methoxy groups -OCH3 is 2. The summed E-state index contributed by atoms with van der Waals surface area (Å²) in [5.41, 5.74) is -0.412. The van der Waals surface area contributed by atoms with Gasteiger partial charge in [0, 0.05) is 78.2 Å². The molecule has 4 aliphatic heterocycles. The highest BCUT2D eigenvalue weighted by Crippen LogP contribution is 2.49. The number of nitrogens with zero attached hydrogens (tertiary/aromatic N) is 6. The zero-order chi connectivity index (χ0) is 59.6. The lowest BCUT2D eigenvalue weighted by Crippen LogP contribution is -2.63. The number of rotatable bonds is 28. The first kappa shape index (κ1) is 64.8. The molecule has 2 fully saturated rings. The number of allylic oxidation sites excluding steroid dienone is 3. The van der Waals surface area contributed by atoms with E-state index in [1.54, 1.807) is 63.0 Å². The van der Waals surface area contributed by atoms with E-state index in [0.29, 0.717) is 95.5 Å². The van der Waals surface area contributed by atoms with Crippen molar-refractivity contribution in [3.63, 3.8) is 0 Å². The van der Waals surface area contributed by atoms with Crippen LogP contribution in [0.3, 0.4) is 0 Å². The fraction of sp³-hybridized carbons (Fsp3) is 0.625. The number of carbonyl (C=O) groups is 7. The molecule has 0 spiro atoms. The minimum atomic E-state index is -1.86. The Morgan fingerprint density at radius 3 is 2.33 bits per heavy atom. The zero-order valence-corrected chi connectivity index (χ0v) is 48.8. The first-order chi connectivity index (χ1) is 39.2. The number of alkyl carbamates (subject to hydrolysis) is 1. The molecule has 1 aromatic heterocycles. The van der Waals surface area contributed by atoms with Gasteiger partial charge in [-0.2, -0.15) is 0 Å². The van der Waals surface area contributed by atoms with E-state index in [4.69, 9.17) is 54.2 Å². The van der Waals surface area contributed by atoms with Gasteiger partial charge in [0.15, 0.2) is 5.72 Å². The smallest absolute Gasteiger partial charge is 0.409 e. The van der Waals surface area contributed by atoms with E-state index in [0.717, 1.165) is 16.0 Å². The number of imide groups is 1. The minimum Gasteiger partial charge on any atom is -0.495 e. The number of aromatic nitrogens is 3. The molecule has 452 valence electrons. The highest BCUT2D eigenvalue weighted by Gasteiger charge is 2.64. The summed E-state index contributed by atoms with van der Waals surface area (Å²) in [6.07, 6.45) is 6.94. The number of esters is 1. The molecule has 6 rings (SSSR count). The molecule has 82 heavy (non-hydrogen) atoms. The number of fused-ring (bicyclic) bond motifs is 5. The van der Waals surface area contributed by atoms with Crippen LogP contribution in [0.5, 0.6) is 5.75 Å². The van der Waals surface area contributed by atoms with E-state index in [1.807, 2.05) is 13.0 Å². The van der Waals surface area contributed by atoms with Crippen molar-refractivity contribution in [2.24, 2.45) is 5.92 Å². The molecule has 5 heterocycles. The molecule has 4 bridgehead atoms. The summed E-state index contributed by atoms with van der Waals surface area (Å²) in [6, 6.07) is 2.52. The van der Waals surface area contributed by atoms with Crippen LogP contribution in [0.1, 0.15) is 83.9 Å². The maximum absolute atomic E-state index is 14.4. The number of epoxide rings is 1. The Morgan fingerprint density at radius 2 is 1.65 bits per heavy atom. The van der Waals surface area contributed by atoms with E-state index >= 15 is 0 Å². The number of hydrogen-bond donors (Lipinski definition) is 3. The van der Waals surface area contributed by atoms with Crippen LogP contribution < -0.4 is 20.3 Å². The van der Waals surface area contributed by atoms with E-state index in [2.05, 4.69) is 20.9 Å². The second-order valence-electron chi connectivity index (χ2n) is 20.8. The topological polar surface area (TPSA) is 291 Å². The van der Waals surface area contributed by atoms with Crippen molar-refractivity contribution < 1.29 is 81.3 Å². The van der Waals surface area contributed by atoms with Crippen LogP contribution in [0.25, 0.3) is 0 Å². The van der Waals surface area contributed by atoms with Crippen molar-refractivity contribution in [1.29, 1.82) is 0 Å². The van der Waals surface area contributed by atoms with E-state index < -0.39 is 77.5 Å². The quantitative estimate of drug-likeness (QED) is 0.0476. The standard InChI is InChI=1S/C56H79ClN8O17/c1-36-13-12-14-44(75-8)56(73)33-43(80-54(72)59-56)37(2)52-55(4,82-52)45(32-50(70)63(6)41-30-39(29-36)31-42(74-7)51(41)57)81-53(71)38(3)62(5)47(67)15-10-9-11-20-64-34-40(60-61-64)35-79-28-27-78-26-25-77-24-23-76-22-19-58-46(66)18-21-65-48(68)16-17-49(65)69/h12-14,16-17,30-31,34,37-38,43-45,52,73H,9-11,15,18-29,32-33,35H2,1-8H3,(H,58,66)(H,59,72)/b14-12+,36-13+/t37-,38+,43+,44?,45+,52+,55?,56+/m1/s1. The van der Waals surface area contributed by atoms with Crippen molar-refractivity contribution in [2.45, 2.75) is 134 Å². The predicted octanol–water partition coefficient (Wildman–Crippen LogP) is 3.36. The molecule has 2 aromatic rings. The molecular formula is C56H79ClN8O17. The minimum absolute atomic E-state index is 0.0192. The molecule has 1 aromatic carbocycles. The number of likely N-dealkylation sites (N-methyl/N-ethyl adjacent to an activating group) is 1. The SMILES string of the molecule is COc1cc2cc(c1Cl)N(C)C(=O)C[C@H](OC(=O)[C@H](C)N(C)C(=O)CCCCCn1cc(COCCOCCOCCOCCNC(=O)CCN3C(=O)C=CC3=O)nn1)C1(C)O[C@H]1[C@H](C)[C@@H]1C[C@@](O)(NC(=O)O1)C(OC)/C=C/C=C(\C)C2. The number of halogens is 1. The lowest BCUT2D eigenvalue weighted by molar-refractivity contribution is -0.162. The molecule has 0 aliphatic carbocycles. The first-order valence-corrected chi connectivity index (χ1v) is 27.9. The Hall–Kier alpha value is -6.32. The summed E-state index contributed by atoms with van der Waals surface area (Å²) >= 11 is 6.83. The highest BCUT2D eigenvalue weighted by molar-refractivity contribution is 6.35. The third kappa shape index (κ3) is 18.1. The van der Waals surface area contributed by atoms with Crippen molar-refractivity contribution in [2.75, 3.05) is 92.6 Å². The predicted molar refractivity (Wildman–Crippen MR) is 295 cm³/mol. The number of anilines is 1. The molecule has 26 heteroatoms. The van der Waals surface area contributed by atoms with Crippen molar-refractivity contribution in [3.8, 4) is 5.75 Å². The number of aryl methyl sites for hydroxylation is 1. The van der Waals surface area contributed by atoms with Gasteiger partial charge in [-0.05, 0) is 57.7 Å². The van der Waals surface area contributed by atoms with Gasteiger partial charge in [-0.1, -0.05) is 54.0 Å². The summed E-state index contributed by atoms with van der Waals surface area (Å²) in [5.74, 6) is -2.83. The molecule has 8 atom stereocenters. The van der Waals surface area contributed by atoms with Gasteiger partial charge in [0.05, 0.1) is 84.4 Å². The Labute approximate surface area is 482 Å². The second kappa shape index (κ2) is 30.8. The second-order valence-corrected chi connectivity index (χ2v) is 21.2. The van der Waals surface area contributed by atoms with Crippen LogP contribution in [0.2, 0.25) is 5.02 Å². The van der Waals surface area contributed by atoms with Crippen LogP contribution in [0.15, 0.2) is 54.3 Å². The van der Waals surface area contributed by atoms with Crippen molar-refractivity contribution >= 4 is 58.9 Å². The third-order valence-electron chi connectivity index (χ3n) is 14.8. The van der Waals surface area contributed by atoms with Crippen LogP contribution >= 0.6 is 11.6 Å². The molecule has 2 unspecified atom stereocenters. The molecule has 4 aliphatic rings. The monoisotopic (exact) mass is 1170 g/mol. The number of carbonyl (C=O) groups excluding carboxylic acids is 7. The average Bonchev–Trinajstić information content (AvgIpc) is 4.02. The molecule has 2 saturated heterocycles. The van der Waals surface area contributed by atoms with E-state index in [1.165, 1.54) is 43.2 Å². The van der Waals surface area contributed by atoms with Gasteiger partial charge in [-0.3, -0.25) is 38.9 Å². The average molecular weight is 1170 g/mol. The fourth-order valence-electron chi connectivity index (χ4n) is 9.69. The van der Waals surface area contributed by atoms with E-state index in [9.17, 15) is 38.7 Å². The van der Waals surface area contributed by atoms with Crippen molar-refractivity contribution in [3.05, 3.63) is 70.6 Å². The molecule has 25 nitrogen and oxygen atoms in total. The number of aliphatic hydroxyl groups is 1. The molecule has 6 amide bonds. The summed E-state index contributed by atoms with van der Waals surface area (Å²) in [5, 5.41) is 25.6. The third-order valence-corrected chi connectivity index (χ3v) is 15.2. The number of unbranched alkanes of at least 4 members (excludes halogenated alkanes) is 2. The largest absolute Gasteiger partial charge is 0.495 e. The fourth-order valence-corrected chi connectivity index (χ4v) is 10.0. The van der Waals surface area contributed by atoms with Gasteiger partial charge in [-0.25, -0.2) is 9.59 Å². The Balaban J connectivity index is 0.905. The number of nitrogens with one attached hydrogen (secondary N) is 2. The molecular weight excluding hydrogens is 1090 g/mol. The van der Waals surface area contributed by atoms with Crippen molar-refractivity contribution in [1.82, 2.24) is 35.4 Å². The normalized spacial score (nSPS) is 25.1. The molecule has 3 N–H and O–H groups in total. The maximum Gasteiger partial charge on any atom is 0.409 e. The first-order valence-electron chi connectivity index (χ1n) is 27.5. The lowest BCUT2D eigenvalue weighted by atomic mass is 9.83. The highest BCUT2D eigenvalue weighted by atomic mass is 35.5. The molecule has 0 radical (unpaired) electrons. The van der Waals surface area contributed by atoms with Gasteiger partial charge in [0.25, 0.3) is 11.8 Å². The van der Waals surface area contributed by atoms with Gasteiger partial charge < -0.3 is 62.9 Å². The number of hydrogen-bond acceptors (Lipinski definition) is 19. The summed E-state index contributed by atoms with van der Waals surface area (Å²) in [6.45, 7) is 10.5. The lowest BCUT2D eigenvalue weighted by Gasteiger charge is -2.42. The Morgan fingerprint density at radius 1 is 0.963 bits per heavy atom. The van der Waals surface area contributed by atoms with E-state index in [-0.39, 0.29) is 62.3 Å². The zero-order valence-electron chi connectivity index (χ0n) is 48.1.